The highest BCUT2D eigenvalue weighted by Crippen LogP contribution is 2.43. The van der Waals surface area contributed by atoms with E-state index in [1.165, 1.54) is 64.8 Å². The van der Waals surface area contributed by atoms with E-state index in [1.54, 1.807) is 0 Å². The first-order chi connectivity index (χ1) is 13.5. The summed E-state index contributed by atoms with van der Waals surface area (Å²) in [5.41, 5.74) is 4.50. The molecule has 0 atom stereocenters. The first kappa shape index (κ1) is 27.2. The fourth-order valence-corrected chi connectivity index (χ4v) is 5.01. The Kier molecular flexibility index (Phi) is 15.5. The van der Waals surface area contributed by atoms with Gasteiger partial charge in [0.15, 0.2) is 0 Å². The van der Waals surface area contributed by atoms with Gasteiger partial charge in [-0.2, -0.15) is 13.2 Å². The molecule has 0 amide bonds. The Hall–Kier alpha value is -0.840. The zero-order valence-electron chi connectivity index (χ0n) is 17.8. The Morgan fingerprint density at radius 3 is 1.64 bits per heavy atom. The van der Waals surface area contributed by atoms with Gasteiger partial charge in [-0.1, -0.05) is 44.6 Å². The van der Waals surface area contributed by atoms with E-state index >= 15 is 0 Å². The molecule has 2 nitrogen and oxygen atoms in total. The maximum absolute atomic E-state index is 12.2. The molecule has 166 valence electrons. The summed E-state index contributed by atoms with van der Waals surface area (Å²) < 4.78 is 36.5. The van der Waals surface area contributed by atoms with Crippen LogP contribution < -0.4 is 5.73 Å². The molecule has 2 fully saturated rings. The van der Waals surface area contributed by atoms with E-state index in [1.807, 2.05) is 12.9 Å². The van der Waals surface area contributed by atoms with E-state index < -0.39 is 12.6 Å². The van der Waals surface area contributed by atoms with Gasteiger partial charge < -0.3 is 10.5 Å². The molecular formula is C23H42F3NO. The molecule has 2 saturated carbocycles. The molecule has 2 aliphatic carbocycles. The molecule has 5 heteroatoms. The molecule has 28 heavy (non-hydrogen) atoms. The van der Waals surface area contributed by atoms with Gasteiger partial charge in [-0.15, -0.1) is 6.58 Å². The van der Waals surface area contributed by atoms with Crippen LogP contribution in [0, 0.1) is 23.7 Å². The van der Waals surface area contributed by atoms with Gasteiger partial charge >= 0.3 is 6.18 Å². The highest BCUT2D eigenvalue weighted by molar-refractivity contribution is 5.11. The monoisotopic (exact) mass is 405 g/mol. The van der Waals surface area contributed by atoms with Crippen molar-refractivity contribution < 1.29 is 18.0 Å². The lowest BCUT2D eigenvalue weighted by Gasteiger charge is -2.38. The average Bonchev–Trinajstić information content (AvgIpc) is 2.73. The lowest BCUT2D eigenvalue weighted by Crippen LogP contribution is -2.25. The summed E-state index contributed by atoms with van der Waals surface area (Å²) in [7, 11) is 1.50. The fraction of sp³-hybridized carbons (Fsp3) is 0.870. The van der Waals surface area contributed by atoms with E-state index in [-0.39, 0.29) is 0 Å². The maximum atomic E-state index is 12.2. The predicted molar refractivity (Wildman–Crippen MR) is 112 cm³/mol. The normalized spacial score (nSPS) is 27.6. The smallest absolute Gasteiger partial charge is 0.333 e. The highest BCUT2D eigenvalue weighted by Gasteiger charge is 2.31. The van der Waals surface area contributed by atoms with Crippen molar-refractivity contribution in [3.8, 4) is 0 Å². The SMILES string of the molecule is C=CCCC1CCC(C2CCC(CCCCC(F)(F)F)CC2)CC1.C=O.CN. The zero-order valence-corrected chi connectivity index (χ0v) is 17.8. The van der Waals surface area contributed by atoms with Gasteiger partial charge in [0.1, 0.15) is 6.79 Å². The Balaban J connectivity index is 0.00000171. The molecule has 0 radical (unpaired) electrons. The zero-order chi connectivity index (χ0) is 21.4. The first-order valence-electron chi connectivity index (χ1n) is 11.0. The highest BCUT2D eigenvalue weighted by atomic mass is 19.4. The molecular weight excluding hydrogens is 363 g/mol. The Morgan fingerprint density at radius 1 is 0.821 bits per heavy atom. The molecule has 0 aromatic rings. The lowest BCUT2D eigenvalue weighted by atomic mass is 9.68. The molecule has 2 N–H and O–H groups in total. The molecule has 0 aliphatic heterocycles. The van der Waals surface area contributed by atoms with Gasteiger partial charge in [0.05, 0.1) is 0 Å². The van der Waals surface area contributed by atoms with Crippen molar-refractivity contribution in [1.29, 1.82) is 0 Å². The Labute approximate surface area is 170 Å². The van der Waals surface area contributed by atoms with Crippen LogP contribution in [0.3, 0.4) is 0 Å². The van der Waals surface area contributed by atoms with Gasteiger partial charge in [0, 0.05) is 6.42 Å². The molecule has 0 aromatic heterocycles. The van der Waals surface area contributed by atoms with E-state index in [9.17, 15) is 13.2 Å². The lowest BCUT2D eigenvalue weighted by molar-refractivity contribution is -0.135. The largest absolute Gasteiger partial charge is 0.389 e. The summed E-state index contributed by atoms with van der Waals surface area (Å²) in [4.78, 5) is 8.00. The molecule has 0 aromatic carbocycles. The second kappa shape index (κ2) is 16.0. The molecule has 0 heterocycles. The van der Waals surface area contributed by atoms with E-state index in [0.717, 1.165) is 37.0 Å². The summed E-state index contributed by atoms with van der Waals surface area (Å²) in [6.07, 6.45) is 12.8. The topological polar surface area (TPSA) is 43.1 Å². The maximum Gasteiger partial charge on any atom is 0.389 e. The molecule has 0 spiro atoms. The van der Waals surface area contributed by atoms with Crippen molar-refractivity contribution in [3.63, 3.8) is 0 Å². The summed E-state index contributed by atoms with van der Waals surface area (Å²) in [5.74, 6) is 3.44. The number of alkyl halides is 3. The van der Waals surface area contributed by atoms with E-state index in [4.69, 9.17) is 4.79 Å². The van der Waals surface area contributed by atoms with Crippen LogP contribution in [0.4, 0.5) is 13.2 Å². The molecule has 0 saturated heterocycles. The van der Waals surface area contributed by atoms with Crippen molar-refractivity contribution in [3.05, 3.63) is 12.7 Å². The van der Waals surface area contributed by atoms with Gasteiger partial charge in [0.25, 0.3) is 0 Å². The van der Waals surface area contributed by atoms with Crippen LogP contribution in [-0.2, 0) is 4.79 Å². The van der Waals surface area contributed by atoms with Gasteiger partial charge in [-0.3, -0.25) is 0 Å². The second-order valence-corrected chi connectivity index (χ2v) is 8.29. The number of halogens is 3. The summed E-state index contributed by atoms with van der Waals surface area (Å²) in [6.45, 7) is 5.82. The standard InChI is InChI=1S/C21H35F3.CH5N.CH2O/c1-2-3-6-17-8-12-19(13-9-17)20-14-10-18(11-15-20)7-4-5-16-21(22,23)24;2*1-2/h2,17-20H,1,3-16H2;2H2,1H3;1H2. The number of allylic oxidation sites excluding steroid dienone is 1. The number of carbonyl (C=O) groups is 1. The van der Waals surface area contributed by atoms with Crippen LogP contribution in [0.2, 0.25) is 0 Å². The van der Waals surface area contributed by atoms with Crippen LogP contribution in [0.5, 0.6) is 0 Å². The van der Waals surface area contributed by atoms with Crippen LogP contribution in [0.1, 0.15) is 89.9 Å². The molecule has 2 aliphatic rings. The van der Waals surface area contributed by atoms with Crippen LogP contribution in [0.15, 0.2) is 12.7 Å². The van der Waals surface area contributed by atoms with Gasteiger partial charge in [0.2, 0.25) is 0 Å². The first-order valence-corrected chi connectivity index (χ1v) is 11.0. The predicted octanol–water partition coefficient (Wildman–Crippen LogP) is 7.08. The van der Waals surface area contributed by atoms with Crippen molar-refractivity contribution in [2.24, 2.45) is 29.4 Å². The third-order valence-electron chi connectivity index (χ3n) is 6.55. The molecule has 2 rings (SSSR count). The van der Waals surface area contributed by atoms with Crippen LogP contribution in [-0.4, -0.2) is 20.0 Å². The number of hydrogen-bond acceptors (Lipinski definition) is 2. The third-order valence-corrected chi connectivity index (χ3v) is 6.55. The van der Waals surface area contributed by atoms with E-state index in [0.29, 0.717) is 12.3 Å². The second-order valence-electron chi connectivity index (χ2n) is 8.29. The van der Waals surface area contributed by atoms with Crippen molar-refractivity contribution in [2.75, 3.05) is 7.05 Å². The number of unbranched alkanes of at least 4 members (excludes halogenated alkanes) is 1. The van der Waals surface area contributed by atoms with Crippen LogP contribution >= 0.6 is 0 Å². The fourth-order valence-electron chi connectivity index (χ4n) is 5.01. The van der Waals surface area contributed by atoms with E-state index in [2.05, 4.69) is 12.3 Å². The van der Waals surface area contributed by atoms with Crippen molar-refractivity contribution in [2.45, 2.75) is 96.1 Å². The van der Waals surface area contributed by atoms with Crippen molar-refractivity contribution >= 4 is 6.79 Å². The minimum absolute atomic E-state index is 0.318. The Bertz CT molecular complexity index is 371. The minimum atomic E-state index is -3.97. The number of nitrogens with two attached hydrogens (primary N) is 1. The number of rotatable bonds is 8. The summed E-state index contributed by atoms with van der Waals surface area (Å²) >= 11 is 0. The quantitative estimate of drug-likeness (QED) is 0.346. The van der Waals surface area contributed by atoms with Crippen LogP contribution in [0.25, 0.3) is 0 Å². The number of carbonyl (C=O) groups excluding carboxylic acids is 1. The Morgan fingerprint density at radius 2 is 1.25 bits per heavy atom. The van der Waals surface area contributed by atoms with Gasteiger partial charge in [-0.05, 0) is 75.7 Å². The minimum Gasteiger partial charge on any atom is -0.333 e. The number of hydrogen-bond donors (Lipinski definition) is 1. The van der Waals surface area contributed by atoms with Crippen molar-refractivity contribution in [1.82, 2.24) is 0 Å². The average molecular weight is 406 g/mol. The molecule has 0 bridgehead atoms. The van der Waals surface area contributed by atoms with Gasteiger partial charge in [-0.25, -0.2) is 0 Å². The summed E-state index contributed by atoms with van der Waals surface area (Å²) in [6, 6.07) is 0. The third kappa shape index (κ3) is 11.9. The molecule has 0 unspecified atom stereocenters. The summed E-state index contributed by atoms with van der Waals surface area (Å²) in [5, 5.41) is 0.